The van der Waals surface area contributed by atoms with Gasteiger partial charge in [0.25, 0.3) is 11.8 Å². The molecule has 1 saturated carbocycles. The number of carbonyl (C=O) groups is 3. The first kappa shape index (κ1) is 21.9. The first-order chi connectivity index (χ1) is 16.1. The molecule has 4 unspecified atom stereocenters. The summed E-state index contributed by atoms with van der Waals surface area (Å²) in [4.78, 5) is 42.9. The molecule has 33 heavy (non-hydrogen) atoms. The van der Waals surface area contributed by atoms with Crippen molar-refractivity contribution in [2.24, 2.45) is 23.7 Å². The molecule has 2 aliphatic heterocycles. The van der Waals surface area contributed by atoms with E-state index in [4.69, 9.17) is 4.74 Å². The van der Waals surface area contributed by atoms with Crippen LogP contribution in [-0.4, -0.2) is 67.0 Å². The van der Waals surface area contributed by atoms with E-state index in [9.17, 15) is 14.4 Å². The van der Waals surface area contributed by atoms with Gasteiger partial charge in [0.15, 0.2) is 0 Å². The van der Waals surface area contributed by atoms with Crippen LogP contribution in [0.5, 0.6) is 5.75 Å². The van der Waals surface area contributed by atoms with E-state index in [1.807, 2.05) is 25.1 Å². The minimum absolute atomic E-state index is 0.127. The second-order valence-corrected chi connectivity index (χ2v) is 9.37. The fraction of sp³-hybridized carbons (Fsp3) is 0.560. The highest BCUT2D eigenvalue weighted by molar-refractivity contribution is 6.07. The number of carbonyl (C=O) groups excluding carboxylic acids is 3. The van der Waals surface area contributed by atoms with Crippen LogP contribution < -0.4 is 15.1 Å². The molecule has 8 heteroatoms. The van der Waals surface area contributed by atoms with Gasteiger partial charge in [-0.15, -0.1) is 0 Å². The number of ether oxygens (including phenoxy) is 1. The summed E-state index contributed by atoms with van der Waals surface area (Å²) < 4.78 is 5.76. The van der Waals surface area contributed by atoms with Gasteiger partial charge in [-0.3, -0.25) is 24.7 Å². The Hall–Kier alpha value is -2.87. The minimum atomic E-state index is -0.297. The smallest absolute Gasteiger partial charge is 0.252 e. The molecule has 0 aromatic heterocycles. The van der Waals surface area contributed by atoms with Crippen molar-refractivity contribution in [3.63, 3.8) is 0 Å². The normalized spacial score (nSPS) is 28.9. The average Bonchev–Trinajstić information content (AvgIpc) is 3.11. The van der Waals surface area contributed by atoms with Crippen molar-refractivity contribution >= 4 is 23.4 Å². The first-order valence-corrected chi connectivity index (χ1v) is 12.1. The number of para-hydroxylation sites is 2. The number of imide groups is 1. The van der Waals surface area contributed by atoms with Crippen molar-refractivity contribution in [2.45, 2.75) is 26.2 Å². The van der Waals surface area contributed by atoms with E-state index in [2.05, 4.69) is 33.4 Å². The maximum atomic E-state index is 12.9. The molecule has 2 heterocycles. The summed E-state index contributed by atoms with van der Waals surface area (Å²) in [6.45, 7) is 6.61. The predicted octanol–water partition coefficient (Wildman–Crippen LogP) is 1.83. The molecule has 8 nitrogen and oxygen atoms in total. The Morgan fingerprint density at radius 3 is 2.24 bits per heavy atom. The molecule has 1 aromatic rings. The Balaban J connectivity index is 1.10. The van der Waals surface area contributed by atoms with Crippen LogP contribution in [0.4, 0.5) is 5.69 Å². The number of allylic oxidation sites excluding steroid dienone is 2. The number of amides is 3. The van der Waals surface area contributed by atoms with Gasteiger partial charge in [-0.2, -0.15) is 5.01 Å². The first-order valence-electron chi connectivity index (χ1n) is 12.1. The Kier molecular flexibility index (Phi) is 6.10. The van der Waals surface area contributed by atoms with Crippen molar-refractivity contribution < 1.29 is 19.1 Å². The number of nitrogens with zero attached hydrogens (tertiary/aromatic N) is 3. The number of hydrazine groups is 1. The van der Waals surface area contributed by atoms with E-state index in [0.29, 0.717) is 13.2 Å². The van der Waals surface area contributed by atoms with Crippen LogP contribution in [-0.2, 0) is 14.4 Å². The number of benzene rings is 1. The van der Waals surface area contributed by atoms with Crippen LogP contribution in [0.3, 0.4) is 0 Å². The molecule has 4 atom stereocenters. The van der Waals surface area contributed by atoms with Gasteiger partial charge in [0.2, 0.25) is 5.91 Å². The molecule has 1 N–H and O–H groups in total. The molecule has 176 valence electrons. The average molecular weight is 453 g/mol. The van der Waals surface area contributed by atoms with E-state index in [-0.39, 0.29) is 47.8 Å². The number of piperazine rings is 1. The van der Waals surface area contributed by atoms with E-state index in [1.54, 1.807) is 0 Å². The van der Waals surface area contributed by atoms with Gasteiger partial charge in [-0.25, -0.2) is 0 Å². The lowest BCUT2D eigenvalue weighted by atomic mass is 9.63. The summed E-state index contributed by atoms with van der Waals surface area (Å²) in [6, 6.07) is 8.08. The van der Waals surface area contributed by atoms with Crippen LogP contribution in [0.1, 0.15) is 26.2 Å². The predicted molar refractivity (Wildman–Crippen MR) is 123 cm³/mol. The highest BCUT2D eigenvalue weighted by Crippen LogP contribution is 2.49. The van der Waals surface area contributed by atoms with Crippen molar-refractivity contribution in [3.05, 3.63) is 36.4 Å². The third kappa shape index (κ3) is 4.12. The summed E-state index contributed by atoms with van der Waals surface area (Å²) in [5.74, 6) is -0.192. The SMILES string of the molecule is CCOc1ccccc1N1CCN(CCC(=O)NN2C(=O)C3C4C=CC(CC4)C3C2=O)CC1. The molecule has 2 bridgehead atoms. The monoisotopic (exact) mass is 452 g/mol. The second kappa shape index (κ2) is 9.17. The van der Waals surface area contributed by atoms with Crippen LogP contribution in [0.15, 0.2) is 36.4 Å². The zero-order valence-electron chi connectivity index (χ0n) is 19.1. The van der Waals surface area contributed by atoms with Crippen molar-refractivity contribution in [1.29, 1.82) is 0 Å². The number of fused-ring (bicyclic) bond motifs is 1. The number of hydrogen-bond acceptors (Lipinski definition) is 6. The van der Waals surface area contributed by atoms with Crippen LogP contribution in [0.2, 0.25) is 0 Å². The molecule has 0 radical (unpaired) electrons. The Bertz CT molecular complexity index is 923. The lowest BCUT2D eigenvalue weighted by Crippen LogP contribution is -2.49. The molecular weight excluding hydrogens is 420 g/mol. The summed E-state index contributed by atoms with van der Waals surface area (Å²) in [6.07, 6.45) is 6.32. The molecule has 3 amide bonds. The number of nitrogens with one attached hydrogen (secondary N) is 1. The molecule has 3 fully saturated rings. The van der Waals surface area contributed by atoms with Gasteiger partial charge in [-0.05, 0) is 43.7 Å². The summed E-state index contributed by atoms with van der Waals surface area (Å²) >= 11 is 0. The molecule has 0 spiro atoms. The Labute approximate surface area is 194 Å². The molecule has 2 saturated heterocycles. The second-order valence-electron chi connectivity index (χ2n) is 9.37. The zero-order chi connectivity index (χ0) is 22.9. The Morgan fingerprint density at radius 1 is 1.00 bits per heavy atom. The molecule has 5 aliphatic rings. The highest BCUT2D eigenvalue weighted by atomic mass is 16.5. The van der Waals surface area contributed by atoms with Crippen molar-refractivity contribution in [3.8, 4) is 5.75 Å². The van der Waals surface area contributed by atoms with Crippen LogP contribution in [0.25, 0.3) is 0 Å². The van der Waals surface area contributed by atoms with E-state index in [0.717, 1.165) is 55.5 Å². The number of hydrogen-bond donors (Lipinski definition) is 1. The van der Waals surface area contributed by atoms with E-state index < -0.39 is 0 Å². The van der Waals surface area contributed by atoms with Gasteiger partial charge < -0.3 is 9.64 Å². The van der Waals surface area contributed by atoms with Crippen molar-refractivity contribution in [2.75, 3.05) is 44.2 Å². The fourth-order valence-corrected chi connectivity index (χ4v) is 5.83. The lowest BCUT2D eigenvalue weighted by molar-refractivity contribution is -0.149. The standard InChI is InChI=1S/C25H32N4O4/c1-2-33-20-6-4-3-5-19(20)28-15-13-27(14-16-28)12-11-21(30)26-29-24(31)22-17-7-8-18(10-9-17)23(22)25(29)32/h3-8,17-18,22-23H,2,9-16H2,1H3,(H,26,30). The van der Waals surface area contributed by atoms with Gasteiger partial charge >= 0.3 is 0 Å². The number of rotatable bonds is 7. The zero-order valence-corrected chi connectivity index (χ0v) is 19.1. The quantitative estimate of drug-likeness (QED) is 0.502. The van der Waals surface area contributed by atoms with Crippen molar-refractivity contribution in [1.82, 2.24) is 15.3 Å². The van der Waals surface area contributed by atoms with Crippen LogP contribution in [0, 0.1) is 23.7 Å². The maximum absolute atomic E-state index is 12.9. The van der Waals surface area contributed by atoms with Gasteiger partial charge in [0.05, 0.1) is 24.1 Å². The van der Waals surface area contributed by atoms with Gasteiger partial charge in [0, 0.05) is 39.1 Å². The third-order valence-corrected chi connectivity index (χ3v) is 7.53. The molecule has 1 aromatic carbocycles. The van der Waals surface area contributed by atoms with E-state index >= 15 is 0 Å². The van der Waals surface area contributed by atoms with Gasteiger partial charge in [0.1, 0.15) is 5.75 Å². The van der Waals surface area contributed by atoms with E-state index in [1.165, 1.54) is 0 Å². The number of anilines is 1. The lowest BCUT2D eigenvalue weighted by Gasteiger charge is -2.37. The van der Waals surface area contributed by atoms with Crippen LogP contribution >= 0.6 is 0 Å². The third-order valence-electron chi connectivity index (χ3n) is 7.53. The maximum Gasteiger partial charge on any atom is 0.252 e. The highest BCUT2D eigenvalue weighted by Gasteiger charge is 2.57. The summed E-state index contributed by atoms with van der Waals surface area (Å²) in [5, 5.41) is 1.01. The molecule has 6 rings (SSSR count). The molecule has 3 aliphatic carbocycles. The summed E-state index contributed by atoms with van der Waals surface area (Å²) in [7, 11) is 0. The summed E-state index contributed by atoms with van der Waals surface area (Å²) in [5.41, 5.74) is 3.72. The fourth-order valence-electron chi connectivity index (χ4n) is 5.83. The topological polar surface area (TPSA) is 82.2 Å². The largest absolute Gasteiger partial charge is 0.492 e. The Morgan fingerprint density at radius 2 is 1.64 bits per heavy atom. The molecular formula is C25H32N4O4. The van der Waals surface area contributed by atoms with Gasteiger partial charge in [-0.1, -0.05) is 24.3 Å². The minimum Gasteiger partial charge on any atom is -0.492 e.